The van der Waals surface area contributed by atoms with Crippen molar-refractivity contribution in [1.82, 2.24) is 5.32 Å². The lowest BCUT2D eigenvalue weighted by molar-refractivity contribution is -0.149. The maximum Gasteiger partial charge on any atom is 0.309 e. The summed E-state index contributed by atoms with van der Waals surface area (Å²) in [6.45, 7) is 6.00. The van der Waals surface area contributed by atoms with Gasteiger partial charge in [-0.05, 0) is 32.1 Å². The number of rotatable bonds is 5. The highest BCUT2D eigenvalue weighted by Crippen LogP contribution is 2.36. The Kier molecular flexibility index (Phi) is 4.17. The average molecular weight is 241 g/mol. The quantitative estimate of drug-likeness (QED) is 0.775. The van der Waals surface area contributed by atoms with Gasteiger partial charge in [-0.2, -0.15) is 0 Å². The molecule has 98 valence electrons. The van der Waals surface area contributed by atoms with E-state index in [9.17, 15) is 9.59 Å². The van der Waals surface area contributed by atoms with Gasteiger partial charge in [0.05, 0.1) is 5.41 Å². The SMILES string of the molecule is CC1(CNC(=O)CC(C)(C)C(=O)O)CCCC1. The van der Waals surface area contributed by atoms with Crippen LogP contribution in [0, 0.1) is 10.8 Å². The molecule has 0 heterocycles. The first-order valence-corrected chi connectivity index (χ1v) is 6.25. The van der Waals surface area contributed by atoms with Gasteiger partial charge in [-0.1, -0.05) is 19.8 Å². The maximum absolute atomic E-state index is 11.7. The van der Waals surface area contributed by atoms with Gasteiger partial charge < -0.3 is 10.4 Å². The monoisotopic (exact) mass is 241 g/mol. The second-order valence-electron chi connectivity index (χ2n) is 6.16. The van der Waals surface area contributed by atoms with Gasteiger partial charge in [0.25, 0.3) is 0 Å². The molecule has 0 unspecified atom stereocenters. The Morgan fingerprint density at radius 1 is 1.29 bits per heavy atom. The van der Waals surface area contributed by atoms with Crippen LogP contribution in [0.4, 0.5) is 0 Å². The highest BCUT2D eigenvalue weighted by Gasteiger charge is 2.32. The molecular formula is C13H23NO3. The molecule has 1 fully saturated rings. The number of carbonyl (C=O) groups excluding carboxylic acids is 1. The van der Waals surface area contributed by atoms with Crippen molar-refractivity contribution >= 4 is 11.9 Å². The van der Waals surface area contributed by atoms with Crippen molar-refractivity contribution in [2.45, 2.75) is 52.9 Å². The molecular weight excluding hydrogens is 218 g/mol. The Morgan fingerprint density at radius 2 is 1.82 bits per heavy atom. The van der Waals surface area contributed by atoms with Crippen LogP contribution >= 0.6 is 0 Å². The Bertz CT molecular complexity index is 304. The lowest BCUT2D eigenvalue weighted by Crippen LogP contribution is -2.38. The largest absolute Gasteiger partial charge is 0.481 e. The predicted molar refractivity (Wildman–Crippen MR) is 65.6 cm³/mol. The van der Waals surface area contributed by atoms with Gasteiger partial charge in [0.15, 0.2) is 0 Å². The molecule has 4 heteroatoms. The van der Waals surface area contributed by atoms with Gasteiger partial charge in [-0.3, -0.25) is 9.59 Å². The van der Waals surface area contributed by atoms with Gasteiger partial charge in [0.1, 0.15) is 0 Å². The zero-order chi connectivity index (χ0) is 13.1. The number of carboxylic acids is 1. The fraction of sp³-hybridized carbons (Fsp3) is 0.846. The van der Waals surface area contributed by atoms with Crippen molar-refractivity contribution in [3.63, 3.8) is 0 Å². The molecule has 1 saturated carbocycles. The second kappa shape index (κ2) is 5.07. The van der Waals surface area contributed by atoms with E-state index >= 15 is 0 Å². The molecule has 0 bridgehead atoms. The molecule has 2 N–H and O–H groups in total. The summed E-state index contributed by atoms with van der Waals surface area (Å²) in [5, 5.41) is 11.8. The van der Waals surface area contributed by atoms with Crippen LogP contribution in [0.15, 0.2) is 0 Å². The minimum Gasteiger partial charge on any atom is -0.481 e. The molecule has 17 heavy (non-hydrogen) atoms. The molecule has 0 spiro atoms. The molecule has 1 rings (SSSR count). The predicted octanol–water partition coefficient (Wildman–Crippen LogP) is 2.18. The van der Waals surface area contributed by atoms with E-state index in [0.717, 1.165) is 12.8 Å². The van der Waals surface area contributed by atoms with E-state index in [2.05, 4.69) is 12.2 Å². The van der Waals surface area contributed by atoms with E-state index in [4.69, 9.17) is 5.11 Å². The third kappa shape index (κ3) is 4.02. The number of aliphatic carboxylic acids is 1. The summed E-state index contributed by atoms with van der Waals surface area (Å²) in [6.07, 6.45) is 4.80. The van der Waals surface area contributed by atoms with Crippen LogP contribution < -0.4 is 5.32 Å². The number of nitrogens with one attached hydrogen (secondary N) is 1. The van der Waals surface area contributed by atoms with E-state index in [-0.39, 0.29) is 17.7 Å². The van der Waals surface area contributed by atoms with Gasteiger partial charge in [0.2, 0.25) is 5.91 Å². The first-order valence-electron chi connectivity index (χ1n) is 6.25. The summed E-state index contributed by atoms with van der Waals surface area (Å²) in [5.41, 5.74) is -0.774. The third-order valence-corrected chi connectivity index (χ3v) is 3.70. The summed E-state index contributed by atoms with van der Waals surface area (Å²) in [6, 6.07) is 0. The van der Waals surface area contributed by atoms with E-state index < -0.39 is 11.4 Å². The van der Waals surface area contributed by atoms with Gasteiger partial charge in [-0.25, -0.2) is 0 Å². The fourth-order valence-corrected chi connectivity index (χ4v) is 2.26. The molecule has 0 atom stereocenters. The van der Waals surface area contributed by atoms with Crippen LogP contribution in [0.25, 0.3) is 0 Å². The Labute approximate surface area is 103 Å². The number of amides is 1. The summed E-state index contributed by atoms with van der Waals surface area (Å²) < 4.78 is 0. The van der Waals surface area contributed by atoms with Gasteiger partial charge >= 0.3 is 5.97 Å². The second-order valence-corrected chi connectivity index (χ2v) is 6.16. The zero-order valence-electron chi connectivity index (χ0n) is 11.0. The van der Waals surface area contributed by atoms with Crippen molar-refractivity contribution in [2.24, 2.45) is 10.8 Å². The van der Waals surface area contributed by atoms with Crippen LogP contribution in [0.2, 0.25) is 0 Å². The minimum atomic E-state index is -0.985. The molecule has 0 aliphatic heterocycles. The molecule has 0 aromatic rings. The van der Waals surface area contributed by atoms with Crippen LogP contribution in [-0.2, 0) is 9.59 Å². The fourth-order valence-electron chi connectivity index (χ4n) is 2.26. The van der Waals surface area contributed by atoms with Crippen molar-refractivity contribution in [3.05, 3.63) is 0 Å². The normalized spacial score (nSPS) is 19.0. The Balaban J connectivity index is 2.37. The van der Waals surface area contributed by atoms with Gasteiger partial charge in [-0.15, -0.1) is 0 Å². The van der Waals surface area contributed by atoms with E-state index in [1.807, 2.05) is 0 Å². The van der Waals surface area contributed by atoms with E-state index in [1.54, 1.807) is 13.8 Å². The summed E-state index contributed by atoms with van der Waals surface area (Å²) in [5.74, 6) is -1.09. The topological polar surface area (TPSA) is 66.4 Å². The minimum absolute atomic E-state index is 0.0401. The number of hydrogen-bond acceptors (Lipinski definition) is 2. The average Bonchev–Trinajstić information content (AvgIpc) is 2.62. The summed E-state index contributed by atoms with van der Waals surface area (Å²) in [7, 11) is 0. The van der Waals surface area contributed by atoms with E-state index in [0.29, 0.717) is 6.54 Å². The highest BCUT2D eigenvalue weighted by molar-refractivity contribution is 5.84. The Hall–Kier alpha value is -1.06. The van der Waals surface area contributed by atoms with Crippen LogP contribution in [0.5, 0.6) is 0 Å². The summed E-state index contributed by atoms with van der Waals surface area (Å²) >= 11 is 0. The van der Waals surface area contributed by atoms with E-state index in [1.165, 1.54) is 12.8 Å². The maximum atomic E-state index is 11.7. The highest BCUT2D eigenvalue weighted by atomic mass is 16.4. The van der Waals surface area contributed by atoms with Crippen molar-refractivity contribution in [3.8, 4) is 0 Å². The standard InChI is InChI=1S/C13H23NO3/c1-12(2,11(16)17)8-10(15)14-9-13(3)6-4-5-7-13/h4-9H2,1-3H3,(H,14,15)(H,16,17). The summed E-state index contributed by atoms with van der Waals surface area (Å²) in [4.78, 5) is 22.6. The van der Waals surface area contributed by atoms with Crippen LogP contribution in [0.3, 0.4) is 0 Å². The van der Waals surface area contributed by atoms with Crippen molar-refractivity contribution in [1.29, 1.82) is 0 Å². The molecule has 0 aromatic carbocycles. The third-order valence-electron chi connectivity index (χ3n) is 3.70. The van der Waals surface area contributed by atoms with Crippen LogP contribution in [0.1, 0.15) is 52.9 Å². The molecule has 0 aromatic heterocycles. The van der Waals surface area contributed by atoms with Gasteiger partial charge in [0, 0.05) is 13.0 Å². The zero-order valence-corrected chi connectivity index (χ0v) is 11.0. The molecule has 0 radical (unpaired) electrons. The lowest BCUT2D eigenvalue weighted by atomic mass is 9.87. The molecule has 0 saturated heterocycles. The Morgan fingerprint density at radius 3 is 2.29 bits per heavy atom. The molecule has 1 aliphatic rings. The van der Waals surface area contributed by atoms with Crippen LogP contribution in [-0.4, -0.2) is 23.5 Å². The number of hydrogen-bond donors (Lipinski definition) is 2. The first-order chi connectivity index (χ1) is 7.75. The molecule has 1 amide bonds. The lowest BCUT2D eigenvalue weighted by Gasteiger charge is -2.25. The smallest absolute Gasteiger partial charge is 0.309 e. The number of carboxylic acid groups (broad SMARTS) is 1. The molecule has 4 nitrogen and oxygen atoms in total. The number of carbonyl (C=O) groups is 2. The molecule has 1 aliphatic carbocycles. The van der Waals surface area contributed by atoms with Crippen molar-refractivity contribution < 1.29 is 14.7 Å². The van der Waals surface area contributed by atoms with Crippen molar-refractivity contribution in [2.75, 3.05) is 6.54 Å². The first kappa shape index (κ1) is 14.0.